The van der Waals surface area contributed by atoms with Crippen molar-refractivity contribution in [2.24, 2.45) is 0 Å². The van der Waals surface area contributed by atoms with Crippen LogP contribution in [0.2, 0.25) is 0 Å². The lowest BCUT2D eigenvalue weighted by Crippen LogP contribution is -2.30. The summed E-state index contributed by atoms with van der Waals surface area (Å²) in [6, 6.07) is 4.91. The zero-order chi connectivity index (χ0) is 15.0. The molecule has 0 radical (unpaired) electrons. The molecule has 0 aliphatic rings. The first-order valence-electron chi connectivity index (χ1n) is 5.79. The first-order chi connectivity index (χ1) is 10.1. The van der Waals surface area contributed by atoms with E-state index in [9.17, 15) is 14.4 Å². The van der Waals surface area contributed by atoms with Crippen LogP contribution in [-0.2, 0) is 6.54 Å². The first kappa shape index (κ1) is 12.7. The smallest absolute Gasteiger partial charge is 0.358 e. The number of aromatic carboxylic acids is 1. The molecule has 0 spiro atoms. The van der Waals surface area contributed by atoms with Gasteiger partial charge >= 0.3 is 11.7 Å². The third kappa shape index (κ3) is 2.18. The zero-order valence-electron chi connectivity index (χ0n) is 10.4. The lowest BCUT2D eigenvalue weighted by Gasteiger charge is -1.97. The number of fused-ring (bicyclic) bond motifs is 1. The van der Waals surface area contributed by atoms with E-state index in [0.29, 0.717) is 10.3 Å². The molecule has 0 aromatic carbocycles. The molecule has 0 aliphatic heterocycles. The number of nitrogens with zero attached hydrogens (tertiary/aromatic N) is 6. The van der Waals surface area contributed by atoms with Crippen LogP contribution >= 0.6 is 0 Å². The van der Waals surface area contributed by atoms with Gasteiger partial charge in [0.05, 0.1) is 6.20 Å². The van der Waals surface area contributed by atoms with Crippen LogP contribution in [0.25, 0.3) is 5.65 Å². The molecule has 0 unspecified atom stereocenters. The monoisotopic (exact) mass is 288 g/mol. The third-order valence-electron chi connectivity index (χ3n) is 2.72. The second-order valence-corrected chi connectivity index (χ2v) is 4.12. The van der Waals surface area contributed by atoms with Gasteiger partial charge in [-0.1, -0.05) is 11.3 Å². The molecule has 0 atom stereocenters. The predicted octanol–water partition coefficient (Wildman–Crippen LogP) is -0.874. The Morgan fingerprint density at radius 1 is 1.29 bits per heavy atom. The largest absolute Gasteiger partial charge is 0.476 e. The van der Waals surface area contributed by atoms with E-state index in [4.69, 9.17) is 5.11 Å². The maximum Gasteiger partial charge on any atom is 0.358 e. The second-order valence-electron chi connectivity index (χ2n) is 4.12. The number of carboxylic acid groups (broad SMARTS) is 1. The molecule has 1 N–H and O–H groups in total. The molecule has 0 aliphatic carbocycles. The van der Waals surface area contributed by atoms with Crippen LogP contribution in [0.5, 0.6) is 0 Å². The molecule has 0 amide bonds. The first-order valence-corrected chi connectivity index (χ1v) is 5.79. The molecular weight excluding hydrogens is 280 g/mol. The molecule has 0 saturated carbocycles. The van der Waals surface area contributed by atoms with Crippen LogP contribution in [0.1, 0.15) is 15.3 Å². The number of carbonyl (C=O) groups is 2. The highest BCUT2D eigenvalue weighted by atomic mass is 16.4. The lowest BCUT2D eigenvalue weighted by molar-refractivity contribution is 0.0689. The minimum Gasteiger partial charge on any atom is -0.476 e. The van der Waals surface area contributed by atoms with E-state index < -0.39 is 17.6 Å². The molecule has 3 aromatic heterocycles. The summed E-state index contributed by atoms with van der Waals surface area (Å²) in [5.74, 6) is -1.90. The molecule has 3 aromatic rings. The van der Waals surface area contributed by atoms with E-state index in [1.807, 2.05) is 0 Å². The van der Waals surface area contributed by atoms with Gasteiger partial charge in [0.25, 0.3) is 5.91 Å². The van der Waals surface area contributed by atoms with Crippen LogP contribution in [-0.4, -0.2) is 46.2 Å². The molecule has 10 nitrogen and oxygen atoms in total. The molecule has 0 saturated heterocycles. The number of aromatic nitrogens is 6. The summed E-state index contributed by atoms with van der Waals surface area (Å²) in [4.78, 5) is 34.7. The molecule has 21 heavy (non-hydrogen) atoms. The van der Waals surface area contributed by atoms with Crippen molar-refractivity contribution < 1.29 is 14.7 Å². The van der Waals surface area contributed by atoms with Crippen LogP contribution in [0, 0.1) is 0 Å². The molecule has 3 rings (SSSR count). The Kier molecular flexibility index (Phi) is 2.83. The SMILES string of the molecule is O=C(O)c1cn(CC(=O)n2nc3ccccn3c2=O)nn1. The van der Waals surface area contributed by atoms with Crippen molar-refractivity contribution in [2.45, 2.75) is 6.54 Å². The van der Waals surface area contributed by atoms with E-state index in [-0.39, 0.29) is 12.2 Å². The van der Waals surface area contributed by atoms with E-state index >= 15 is 0 Å². The number of carbonyl (C=O) groups excluding carboxylic acids is 1. The summed E-state index contributed by atoms with van der Waals surface area (Å²) in [7, 11) is 0. The average Bonchev–Trinajstić information content (AvgIpc) is 3.05. The standard InChI is InChI=1S/C11H8N6O4/c18-9(6-15-5-7(10(19)20)12-14-15)17-11(21)16-4-2-1-3-8(16)13-17/h1-5H,6H2,(H,19,20). The average molecular weight is 288 g/mol. The quantitative estimate of drug-likeness (QED) is 0.663. The Hall–Kier alpha value is -3.30. The molecular formula is C11H8N6O4. The third-order valence-corrected chi connectivity index (χ3v) is 2.72. The Labute approximate surface area is 115 Å². The van der Waals surface area contributed by atoms with Crippen molar-refractivity contribution in [2.75, 3.05) is 0 Å². The minimum atomic E-state index is -1.25. The van der Waals surface area contributed by atoms with E-state index in [1.165, 1.54) is 10.6 Å². The molecule has 0 fully saturated rings. The Bertz CT molecular complexity index is 905. The molecule has 3 heterocycles. The number of hydrogen-bond acceptors (Lipinski definition) is 6. The van der Waals surface area contributed by atoms with Gasteiger partial charge in [-0.25, -0.2) is 18.7 Å². The fourth-order valence-electron chi connectivity index (χ4n) is 1.77. The topological polar surface area (TPSA) is 124 Å². The summed E-state index contributed by atoms with van der Waals surface area (Å²) in [6.07, 6.45) is 2.59. The summed E-state index contributed by atoms with van der Waals surface area (Å²) in [5, 5.41) is 19.5. The number of pyridine rings is 1. The summed E-state index contributed by atoms with van der Waals surface area (Å²) in [6.45, 7) is -0.343. The van der Waals surface area contributed by atoms with Gasteiger partial charge in [-0.2, -0.15) is 0 Å². The van der Waals surface area contributed by atoms with Crippen LogP contribution < -0.4 is 5.69 Å². The van der Waals surface area contributed by atoms with Crippen molar-refractivity contribution in [3.63, 3.8) is 0 Å². The molecule has 10 heteroatoms. The van der Waals surface area contributed by atoms with E-state index in [0.717, 1.165) is 10.9 Å². The fourth-order valence-corrected chi connectivity index (χ4v) is 1.77. The predicted molar refractivity (Wildman–Crippen MR) is 67.1 cm³/mol. The molecule has 0 bridgehead atoms. The Morgan fingerprint density at radius 2 is 2.10 bits per heavy atom. The van der Waals surface area contributed by atoms with Crippen LogP contribution in [0.4, 0.5) is 0 Å². The number of hydrogen-bond donors (Lipinski definition) is 1. The van der Waals surface area contributed by atoms with Crippen molar-refractivity contribution in [3.8, 4) is 0 Å². The Morgan fingerprint density at radius 3 is 2.76 bits per heavy atom. The maximum atomic E-state index is 12.0. The van der Waals surface area contributed by atoms with Gasteiger partial charge in [-0.05, 0) is 12.1 Å². The maximum absolute atomic E-state index is 12.0. The Balaban J connectivity index is 1.91. The van der Waals surface area contributed by atoms with Crippen LogP contribution in [0.15, 0.2) is 35.4 Å². The summed E-state index contributed by atoms with van der Waals surface area (Å²) in [5.41, 5.74) is -0.556. The number of carboxylic acids is 1. The lowest BCUT2D eigenvalue weighted by atomic mass is 10.5. The van der Waals surface area contributed by atoms with Gasteiger partial charge < -0.3 is 5.11 Å². The van der Waals surface area contributed by atoms with Gasteiger partial charge in [-0.3, -0.25) is 4.79 Å². The van der Waals surface area contributed by atoms with Gasteiger partial charge in [0.15, 0.2) is 11.3 Å². The van der Waals surface area contributed by atoms with E-state index in [1.54, 1.807) is 18.2 Å². The van der Waals surface area contributed by atoms with Gasteiger partial charge in [-0.15, -0.1) is 14.9 Å². The zero-order valence-corrected chi connectivity index (χ0v) is 10.4. The normalized spacial score (nSPS) is 10.9. The van der Waals surface area contributed by atoms with Crippen molar-refractivity contribution >= 4 is 17.5 Å². The van der Waals surface area contributed by atoms with Crippen molar-refractivity contribution in [3.05, 3.63) is 46.8 Å². The summed E-state index contributed by atoms with van der Waals surface area (Å²) < 4.78 is 2.96. The fraction of sp³-hybridized carbons (Fsp3) is 0.0909. The van der Waals surface area contributed by atoms with Crippen LogP contribution in [0.3, 0.4) is 0 Å². The highest BCUT2D eigenvalue weighted by molar-refractivity contribution is 5.85. The summed E-state index contributed by atoms with van der Waals surface area (Å²) >= 11 is 0. The minimum absolute atomic E-state index is 0.287. The van der Waals surface area contributed by atoms with Gasteiger partial charge in [0.1, 0.15) is 6.54 Å². The van der Waals surface area contributed by atoms with Crippen molar-refractivity contribution in [1.29, 1.82) is 0 Å². The highest BCUT2D eigenvalue weighted by Crippen LogP contribution is 1.97. The number of rotatable bonds is 3. The second kappa shape index (κ2) is 4.67. The van der Waals surface area contributed by atoms with Gasteiger partial charge in [0.2, 0.25) is 0 Å². The molecule has 106 valence electrons. The van der Waals surface area contributed by atoms with E-state index in [2.05, 4.69) is 15.4 Å². The highest BCUT2D eigenvalue weighted by Gasteiger charge is 2.16. The van der Waals surface area contributed by atoms with Gasteiger partial charge in [0, 0.05) is 6.20 Å². The van der Waals surface area contributed by atoms with Crippen molar-refractivity contribution in [1.82, 2.24) is 29.2 Å².